The third-order valence-corrected chi connectivity index (χ3v) is 2.11. The summed E-state index contributed by atoms with van der Waals surface area (Å²) in [6.45, 7) is 2.44. The number of carbonyl (C=O) groups excluding carboxylic acids is 1. The smallest absolute Gasteiger partial charge is 0.236 e. The van der Waals surface area contributed by atoms with Crippen molar-refractivity contribution >= 4 is 17.5 Å². The zero-order valence-electron chi connectivity index (χ0n) is 9.07. The van der Waals surface area contributed by atoms with E-state index in [1.807, 2.05) is 0 Å². The lowest BCUT2D eigenvalue weighted by atomic mass is 10.3. The average molecular weight is 243 g/mol. The van der Waals surface area contributed by atoms with Crippen molar-refractivity contribution in [3.05, 3.63) is 29.3 Å². The molecule has 1 amide bonds. The fourth-order valence-corrected chi connectivity index (χ4v) is 1.24. The van der Waals surface area contributed by atoms with Crippen molar-refractivity contribution in [1.82, 2.24) is 5.32 Å². The number of hydrogen-bond acceptors (Lipinski definition) is 3. The van der Waals surface area contributed by atoms with Crippen LogP contribution in [0.5, 0.6) is 5.75 Å². The molecule has 1 aromatic carbocycles. The number of nitrogens with two attached hydrogens (primary N) is 1. The van der Waals surface area contributed by atoms with Gasteiger partial charge in [-0.25, -0.2) is 0 Å². The van der Waals surface area contributed by atoms with Gasteiger partial charge in [0.05, 0.1) is 12.6 Å². The van der Waals surface area contributed by atoms with Gasteiger partial charge in [-0.05, 0) is 25.1 Å². The summed E-state index contributed by atoms with van der Waals surface area (Å²) in [5.74, 6) is 0.497. The minimum absolute atomic E-state index is 0.185. The molecule has 1 aromatic rings. The van der Waals surface area contributed by atoms with Crippen molar-refractivity contribution in [3.63, 3.8) is 0 Å². The van der Waals surface area contributed by atoms with E-state index in [0.29, 0.717) is 23.9 Å². The number of hydrogen-bond donors (Lipinski definition) is 2. The van der Waals surface area contributed by atoms with Crippen LogP contribution in [0.2, 0.25) is 5.02 Å². The summed E-state index contributed by atoms with van der Waals surface area (Å²) >= 11 is 5.78. The molecule has 0 saturated carbocycles. The minimum Gasteiger partial charge on any atom is -0.492 e. The van der Waals surface area contributed by atoms with Gasteiger partial charge in [0, 0.05) is 5.02 Å². The first-order chi connectivity index (χ1) is 7.59. The predicted octanol–water partition coefficient (Wildman–Crippen LogP) is 1.18. The largest absolute Gasteiger partial charge is 0.492 e. The molecule has 1 rings (SSSR count). The van der Waals surface area contributed by atoms with Gasteiger partial charge in [0.15, 0.2) is 0 Å². The maximum Gasteiger partial charge on any atom is 0.236 e. The normalized spacial score (nSPS) is 11.9. The van der Waals surface area contributed by atoms with Crippen LogP contribution in [0, 0.1) is 0 Å². The summed E-state index contributed by atoms with van der Waals surface area (Å²) in [4.78, 5) is 11.1. The quantitative estimate of drug-likeness (QED) is 0.763. The zero-order valence-corrected chi connectivity index (χ0v) is 9.83. The Morgan fingerprint density at radius 2 is 2.38 bits per heavy atom. The molecule has 0 fully saturated rings. The molecule has 0 bridgehead atoms. The molecule has 0 aliphatic heterocycles. The molecule has 4 nitrogen and oxygen atoms in total. The SMILES string of the molecule is C[C@@H](N)C(=O)NCCOc1cccc(Cl)c1. The Labute approximate surface area is 99.7 Å². The van der Waals surface area contributed by atoms with E-state index in [1.54, 1.807) is 31.2 Å². The number of ether oxygens (including phenoxy) is 1. The molecule has 88 valence electrons. The number of amides is 1. The standard InChI is InChI=1S/C11H15ClN2O2/c1-8(13)11(15)14-5-6-16-10-4-2-3-9(12)7-10/h2-4,7-8H,5-6,13H2,1H3,(H,14,15)/t8-/m1/s1. The van der Waals surface area contributed by atoms with Crippen molar-refractivity contribution in [2.75, 3.05) is 13.2 Å². The molecule has 5 heteroatoms. The zero-order chi connectivity index (χ0) is 12.0. The van der Waals surface area contributed by atoms with Gasteiger partial charge in [0.25, 0.3) is 0 Å². The number of benzene rings is 1. The summed E-state index contributed by atoms with van der Waals surface area (Å²) in [5, 5.41) is 3.27. The molecule has 0 spiro atoms. The summed E-state index contributed by atoms with van der Waals surface area (Å²) in [7, 11) is 0. The summed E-state index contributed by atoms with van der Waals surface area (Å²) in [5.41, 5.74) is 5.38. The van der Waals surface area contributed by atoms with Gasteiger partial charge >= 0.3 is 0 Å². The number of halogens is 1. The van der Waals surface area contributed by atoms with Crippen LogP contribution in [-0.4, -0.2) is 25.1 Å². The van der Waals surface area contributed by atoms with E-state index in [2.05, 4.69) is 5.32 Å². The Bertz CT molecular complexity index is 356. The topological polar surface area (TPSA) is 64.4 Å². The molecule has 1 atom stereocenters. The molecule has 0 unspecified atom stereocenters. The lowest BCUT2D eigenvalue weighted by Gasteiger charge is -2.09. The van der Waals surface area contributed by atoms with E-state index in [1.165, 1.54) is 0 Å². The van der Waals surface area contributed by atoms with Crippen molar-refractivity contribution in [2.45, 2.75) is 13.0 Å². The monoisotopic (exact) mass is 242 g/mol. The van der Waals surface area contributed by atoms with Crippen molar-refractivity contribution in [1.29, 1.82) is 0 Å². The average Bonchev–Trinajstić information content (AvgIpc) is 2.24. The number of carbonyl (C=O) groups is 1. The fraction of sp³-hybridized carbons (Fsp3) is 0.364. The van der Waals surface area contributed by atoms with Crippen LogP contribution < -0.4 is 15.8 Å². The molecular weight excluding hydrogens is 228 g/mol. The lowest BCUT2D eigenvalue weighted by molar-refractivity contribution is -0.122. The van der Waals surface area contributed by atoms with Crippen LogP contribution in [0.25, 0.3) is 0 Å². The van der Waals surface area contributed by atoms with Gasteiger partial charge in [-0.1, -0.05) is 17.7 Å². The first-order valence-electron chi connectivity index (χ1n) is 5.01. The lowest BCUT2D eigenvalue weighted by Crippen LogP contribution is -2.40. The highest BCUT2D eigenvalue weighted by molar-refractivity contribution is 6.30. The second-order valence-corrected chi connectivity index (χ2v) is 3.82. The van der Waals surface area contributed by atoms with Crippen molar-refractivity contribution in [3.8, 4) is 5.75 Å². The highest BCUT2D eigenvalue weighted by atomic mass is 35.5. The minimum atomic E-state index is -0.494. The fourth-order valence-electron chi connectivity index (χ4n) is 1.06. The second-order valence-electron chi connectivity index (χ2n) is 3.39. The van der Waals surface area contributed by atoms with E-state index < -0.39 is 6.04 Å². The van der Waals surface area contributed by atoms with Gasteiger partial charge in [0.2, 0.25) is 5.91 Å². The molecule has 0 aromatic heterocycles. The highest BCUT2D eigenvalue weighted by Crippen LogP contribution is 2.16. The van der Waals surface area contributed by atoms with Crippen LogP contribution in [-0.2, 0) is 4.79 Å². The summed E-state index contributed by atoms with van der Waals surface area (Å²) < 4.78 is 5.38. The van der Waals surface area contributed by atoms with E-state index in [0.717, 1.165) is 0 Å². The number of rotatable bonds is 5. The molecular formula is C11H15ClN2O2. The van der Waals surface area contributed by atoms with Gasteiger partial charge in [0.1, 0.15) is 12.4 Å². The Balaban J connectivity index is 2.23. The number of nitrogens with one attached hydrogen (secondary N) is 1. The Kier molecular flexibility index (Phi) is 5.08. The van der Waals surface area contributed by atoms with Gasteiger partial charge in [-0.15, -0.1) is 0 Å². The van der Waals surface area contributed by atoms with Gasteiger partial charge in [-0.2, -0.15) is 0 Å². The molecule has 0 saturated heterocycles. The van der Waals surface area contributed by atoms with Crippen LogP contribution >= 0.6 is 11.6 Å². The van der Waals surface area contributed by atoms with Gasteiger partial charge in [-0.3, -0.25) is 4.79 Å². The summed E-state index contributed by atoms with van der Waals surface area (Å²) in [6.07, 6.45) is 0. The molecule has 3 N–H and O–H groups in total. The van der Waals surface area contributed by atoms with E-state index in [4.69, 9.17) is 22.1 Å². The highest BCUT2D eigenvalue weighted by Gasteiger charge is 2.05. The van der Waals surface area contributed by atoms with Crippen molar-refractivity contribution < 1.29 is 9.53 Å². The van der Waals surface area contributed by atoms with Gasteiger partial charge < -0.3 is 15.8 Å². The molecule has 0 aliphatic carbocycles. The first kappa shape index (κ1) is 12.8. The maximum absolute atomic E-state index is 11.1. The van der Waals surface area contributed by atoms with Crippen LogP contribution in [0.4, 0.5) is 0 Å². The molecule has 0 radical (unpaired) electrons. The second kappa shape index (κ2) is 6.35. The Morgan fingerprint density at radius 3 is 3.00 bits per heavy atom. The van der Waals surface area contributed by atoms with Crippen LogP contribution in [0.1, 0.15) is 6.92 Å². The van der Waals surface area contributed by atoms with Crippen LogP contribution in [0.15, 0.2) is 24.3 Å². The van der Waals surface area contributed by atoms with E-state index >= 15 is 0 Å². The van der Waals surface area contributed by atoms with Crippen molar-refractivity contribution in [2.24, 2.45) is 5.73 Å². The maximum atomic E-state index is 11.1. The van der Waals surface area contributed by atoms with Crippen LogP contribution in [0.3, 0.4) is 0 Å². The summed E-state index contributed by atoms with van der Waals surface area (Å²) in [6, 6.07) is 6.60. The molecule has 0 aliphatic rings. The predicted molar refractivity (Wildman–Crippen MR) is 63.6 cm³/mol. The first-order valence-corrected chi connectivity index (χ1v) is 5.39. The molecule has 0 heterocycles. The van der Waals surface area contributed by atoms with E-state index in [-0.39, 0.29) is 5.91 Å². The third-order valence-electron chi connectivity index (χ3n) is 1.88. The Morgan fingerprint density at radius 1 is 1.62 bits per heavy atom. The molecule has 16 heavy (non-hydrogen) atoms. The van der Waals surface area contributed by atoms with E-state index in [9.17, 15) is 4.79 Å². The third kappa shape index (κ3) is 4.51. The Hall–Kier alpha value is -1.26.